The van der Waals surface area contributed by atoms with Gasteiger partial charge in [0.05, 0.1) is 0 Å². The normalized spacial score (nSPS) is 11.3. The average molecular weight is 673 g/mol. The Morgan fingerprint density at radius 2 is 0.389 bits per heavy atom. The van der Waals surface area contributed by atoms with E-state index < -0.39 is 0 Å². The van der Waals surface area contributed by atoms with Crippen LogP contribution in [0.25, 0.3) is 64.6 Å². The lowest BCUT2D eigenvalue weighted by atomic mass is 9.97. The predicted octanol–water partition coefficient (Wildman–Crippen LogP) is 11.1. The minimum Gasteiger partial charge on any atom is -0.0604 e. The van der Waals surface area contributed by atoms with Crippen molar-refractivity contribution in [2.75, 3.05) is 0 Å². The molecule has 0 saturated carbocycles. The highest BCUT2D eigenvalue weighted by Gasteiger charge is 2.08. The Hall–Kier alpha value is -8.10. The molecule has 0 saturated heterocycles. The van der Waals surface area contributed by atoms with Crippen molar-refractivity contribution in [3.63, 3.8) is 0 Å². The van der Waals surface area contributed by atoms with Gasteiger partial charge in [-0.2, -0.15) is 0 Å². The van der Waals surface area contributed by atoms with Crippen LogP contribution >= 0.6 is 0 Å². The van der Waals surface area contributed by atoms with E-state index in [9.17, 15) is 0 Å². The summed E-state index contributed by atoms with van der Waals surface area (Å²) in [7, 11) is 0. The van der Waals surface area contributed by atoms with Gasteiger partial charge in [0, 0.05) is 33.4 Å². The quantitative estimate of drug-likeness (QED) is 0.111. The van der Waals surface area contributed by atoms with Crippen molar-refractivity contribution < 1.29 is 0 Å². The Bertz CT molecular complexity index is 2920. The van der Waals surface area contributed by atoms with Crippen molar-refractivity contribution in [2.45, 2.75) is 0 Å². The standard InChI is InChI=1S/C54H24/c1-2-14-38-20-8-26-44-32-46-28-10-22-40(52(46)35-50(38)44)16-5-6-18-42-24-12-30-48-33-47-29-11-23-41(53(47)36-54(42)48)17-4-3-15-39-21-9-27-45-31-43-25-7-19-37(13-1)49(43)34-51(39)45/h7-12,19-36H. The maximum absolute atomic E-state index is 3.34. The van der Waals surface area contributed by atoms with E-state index in [2.05, 4.69) is 144 Å². The van der Waals surface area contributed by atoms with E-state index in [4.69, 9.17) is 0 Å². The first kappa shape index (κ1) is 30.7. The molecule has 0 unspecified atom stereocenters. The van der Waals surface area contributed by atoms with Gasteiger partial charge in [-0.25, -0.2) is 0 Å². The predicted molar refractivity (Wildman–Crippen MR) is 226 cm³/mol. The zero-order valence-corrected chi connectivity index (χ0v) is 28.9. The van der Waals surface area contributed by atoms with E-state index >= 15 is 0 Å². The summed E-state index contributed by atoms with van der Waals surface area (Å²) in [6.07, 6.45) is 0. The van der Waals surface area contributed by atoms with E-state index in [0.29, 0.717) is 0 Å². The van der Waals surface area contributed by atoms with Crippen molar-refractivity contribution >= 4 is 64.6 Å². The Morgan fingerprint density at radius 3 is 0.574 bits per heavy atom. The molecule has 6 bridgehead atoms. The van der Waals surface area contributed by atoms with E-state index in [0.717, 1.165) is 98.0 Å². The van der Waals surface area contributed by atoms with Crippen LogP contribution in [0.4, 0.5) is 0 Å². The second kappa shape index (κ2) is 12.9. The fourth-order valence-corrected chi connectivity index (χ4v) is 7.40. The molecule has 9 aromatic carbocycles. The summed E-state index contributed by atoms with van der Waals surface area (Å²) in [6, 6.07) is 50.5. The van der Waals surface area contributed by atoms with Crippen LogP contribution in [0.1, 0.15) is 33.4 Å². The molecule has 0 heterocycles. The second-order valence-electron chi connectivity index (χ2n) is 13.2. The molecule has 0 spiro atoms. The van der Waals surface area contributed by atoms with E-state index in [1.807, 2.05) is 72.8 Å². The highest BCUT2D eigenvalue weighted by atomic mass is 14.1. The summed E-state index contributed by atoms with van der Waals surface area (Å²) >= 11 is 0. The number of benzene rings is 9. The number of rotatable bonds is 0. The molecule has 0 radical (unpaired) electrons. The van der Waals surface area contributed by atoms with Gasteiger partial charge in [0.25, 0.3) is 0 Å². The largest absolute Gasteiger partial charge is 0.0604 e. The summed E-state index contributed by atoms with van der Waals surface area (Å²) in [6.45, 7) is 0. The highest BCUT2D eigenvalue weighted by Crippen LogP contribution is 2.30. The molecule has 0 aromatic heterocycles. The van der Waals surface area contributed by atoms with Gasteiger partial charge < -0.3 is 0 Å². The van der Waals surface area contributed by atoms with E-state index in [1.165, 1.54) is 0 Å². The van der Waals surface area contributed by atoms with Crippen molar-refractivity contribution in [2.24, 2.45) is 0 Å². The molecular weight excluding hydrogens is 649 g/mol. The highest BCUT2D eigenvalue weighted by molar-refractivity contribution is 6.05. The summed E-state index contributed by atoms with van der Waals surface area (Å²) in [4.78, 5) is 0. The lowest BCUT2D eigenvalue weighted by molar-refractivity contribution is 1.70. The zero-order chi connectivity index (χ0) is 35.8. The molecule has 54 heavy (non-hydrogen) atoms. The molecule has 1 aliphatic carbocycles. The summed E-state index contributed by atoms with van der Waals surface area (Å²) < 4.78 is 0. The molecule has 0 aliphatic heterocycles. The molecule has 240 valence electrons. The molecule has 10 rings (SSSR count). The van der Waals surface area contributed by atoms with Crippen LogP contribution in [0, 0.1) is 71.0 Å². The van der Waals surface area contributed by atoms with Gasteiger partial charge in [0.1, 0.15) is 0 Å². The third-order valence-corrected chi connectivity index (χ3v) is 10.0. The van der Waals surface area contributed by atoms with Crippen LogP contribution in [0.2, 0.25) is 0 Å². The fraction of sp³-hybridized carbons (Fsp3) is 0. The first-order valence-corrected chi connectivity index (χ1v) is 17.7. The van der Waals surface area contributed by atoms with Gasteiger partial charge in [-0.15, -0.1) is 0 Å². The fourth-order valence-electron chi connectivity index (χ4n) is 7.40. The monoisotopic (exact) mass is 672 g/mol. The second-order valence-corrected chi connectivity index (χ2v) is 13.2. The molecule has 1 aliphatic rings. The minimum absolute atomic E-state index is 0.922. The molecule has 0 heteroatoms. The summed E-state index contributed by atoms with van der Waals surface area (Å²) in [5.74, 6) is 38.9. The van der Waals surface area contributed by atoms with Crippen molar-refractivity contribution in [1.82, 2.24) is 0 Å². The van der Waals surface area contributed by atoms with Gasteiger partial charge in [-0.3, -0.25) is 0 Å². The topological polar surface area (TPSA) is 0 Å². The van der Waals surface area contributed by atoms with Crippen LogP contribution in [0.5, 0.6) is 0 Å². The maximum atomic E-state index is 3.34. The third kappa shape index (κ3) is 5.53. The van der Waals surface area contributed by atoms with Crippen LogP contribution in [0.3, 0.4) is 0 Å². The van der Waals surface area contributed by atoms with Gasteiger partial charge in [0.2, 0.25) is 0 Å². The molecule has 0 fully saturated rings. The Morgan fingerprint density at radius 1 is 0.204 bits per heavy atom. The van der Waals surface area contributed by atoms with E-state index in [1.54, 1.807) is 0 Å². The minimum atomic E-state index is 0.922. The Labute approximate surface area is 313 Å². The van der Waals surface area contributed by atoms with E-state index in [-0.39, 0.29) is 0 Å². The zero-order valence-electron chi connectivity index (χ0n) is 28.9. The summed E-state index contributed by atoms with van der Waals surface area (Å²) in [5, 5.41) is 13.1. The van der Waals surface area contributed by atoms with Gasteiger partial charge in [0.15, 0.2) is 0 Å². The van der Waals surface area contributed by atoms with Crippen LogP contribution in [-0.2, 0) is 0 Å². The molecule has 9 aromatic rings. The third-order valence-electron chi connectivity index (χ3n) is 10.0. The van der Waals surface area contributed by atoms with Crippen molar-refractivity contribution in [3.8, 4) is 71.0 Å². The smallest absolute Gasteiger partial charge is 0.0334 e. The first-order chi connectivity index (χ1) is 26.7. The lowest BCUT2D eigenvalue weighted by Crippen LogP contribution is -1.85. The first-order valence-electron chi connectivity index (χ1n) is 17.7. The van der Waals surface area contributed by atoms with Crippen LogP contribution < -0.4 is 0 Å². The Balaban J connectivity index is 1.21. The maximum Gasteiger partial charge on any atom is 0.0334 e. The number of hydrogen-bond acceptors (Lipinski definition) is 0. The summed E-state index contributed by atoms with van der Waals surface area (Å²) in [5.41, 5.74) is 5.53. The molecular formula is C54H24. The number of hydrogen-bond donors (Lipinski definition) is 0. The molecule has 0 N–H and O–H groups in total. The van der Waals surface area contributed by atoms with Gasteiger partial charge >= 0.3 is 0 Å². The SMILES string of the molecule is C1#Cc2cccc3cc4cccc(c4cc23)C#CC#Cc2cccc3cc4cccc(c4cc23)C#CC#Cc2cccc3cc4cccc(c4cc23)C#C1. The van der Waals surface area contributed by atoms with Crippen LogP contribution in [0.15, 0.2) is 146 Å². The van der Waals surface area contributed by atoms with Crippen molar-refractivity contribution in [3.05, 3.63) is 179 Å². The molecule has 0 nitrogen and oxygen atoms in total. The average Bonchev–Trinajstić information content (AvgIpc) is 3.20. The molecule has 0 amide bonds. The molecule has 0 atom stereocenters. The van der Waals surface area contributed by atoms with Gasteiger partial charge in [-0.05, 0) is 173 Å². The van der Waals surface area contributed by atoms with Gasteiger partial charge in [-0.1, -0.05) is 108 Å². The van der Waals surface area contributed by atoms with Crippen LogP contribution in [-0.4, -0.2) is 0 Å². The Kier molecular flexibility index (Phi) is 7.33. The lowest BCUT2D eigenvalue weighted by Gasteiger charge is -2.06. The van der Waals surface area contributed by atoms with Crippen molar-refractivity contribution in [1.29, 1.82) is 0 Å².